The second-order valence-electron chi connectivity index (χ2n) is 10.9. The van der Waals surface area contributed by atoms with Crippen LogP contribution in [0.2, 0.25) is 0 Å². The van der Waals surface area contributed by atoms with Crippen molar-refractivity contribution in [3.05, 3.63) is 0 Å². The summed E-state index contributed by atoms with van der Waals surface area (Å²) < 4.78 is 15.3. The van der Waals surface area contributed by atoms with Crippen molar-refractivity contribution in [3.63, 3.8) is 0 Å². The van der Waals surface area contributed by atoms with E-state index >= 15 is 0 Å². The standard InChI is InChI=1S/C16H32O2.C12H22O11/c1-2-3-4-5-6-7-8-9-10-11-12-13-14-15-16(17)18;13-1-3-5(15)6(16)9(19)12(22-3)23-10-4(2-14)21-11(20)8(18)7(10)17/h2-15H2,1H3,(H,17,18);3-20H,1-2H2/t;3-,4-,5+,6+,7-,8-,9-,10-,11?,12+/m.1/s1. The van der Waals surface area contributed by atoms with Crippen LogP contribution in [0.5, 0.6) is 0 Å². The minimum atomic E-state index is -1.74. The Hall–Kier alpha value is -0.970. The number of carbonyl (C=O) groups is 1. The summed E-state index contributed by atoms with van der Waals surface area (Å²) in [4.78, 5) is 10.3. The molecular formula is C28H54O13. The van der Waals surface area contributed by atoms with Crippen LogP contribution in [-0.2, 0) is 19.0 Å². The van der Waals surface area contributed by atoms with Gasteiger partial charge in [0.15, 0.2) is 12.6 Å². The molecule has 2 heterocycles. The molecule has 0 aliphatic carbocycles. The molecule has 2 aliphatic heterocycles. The summed E-state index contributed by atoms with van der Waals surface area (Å²) in [6.45, 7) is 0.915. The van der Waals surface area contributed by atoms with Crippen LogP contribution in [-0.4, -0.2) is 127 Å². The molecule has 0 spiro atoms. The average molecular weight is 599 g/mol. The van der Waals surface area contributed by atoms with Crippen LogP contribution in [0.1, 0.15) is 96.8 Å². The first-order valence-electron chi connectivity index (χ1n) is 15.1. The SMILES string of the molecule is CCCCCCCCCCCCCCCC(=O)O.OC[C@H]1O[C@@H](O[C@H]2[C@H](O)[C@@H](O)C(O)O[C@@H]2CO)[C@H](O)[C@@H](O)[C@H]1O. The molecular weight excluding hydrogens is 544 g/mol. The van der Waals surface area contributed by atoms with E-state index in [0.717, 1.165) is 12.8 Å². The predicted octanol–water partition coefficient (Wildman–Crippen LogP) is 0.155. The van der Waals surface area contributed by atoms with Gasteiger partial charge in [0.05, 0.1) is 13.2 Å². The number of aliphatic hydroxyl groups is 8. The van der Waals surface area contributed by atoms with Crippen LogP contribution in [0.4, 0.5) is 0 Å². The van der Waals surface area contributed by atoms with Gasteiger partial charge in [-0.1, -0.05) is 84.0 Å². The molecule has 0 aromatic rings. The van der Waals surface area contributed by atoms with Gasteiger partial charge in [-0.2, -0.15) is 0 Å². The monoisotopic (exact) mass is 598 g/mol. The highest BCUT2D eigenvalue weighted by molar-refractivity contribution is 5.66. The highest BCUT2D eigenvalue weighted by atomic mass is 16.7. The minimum Gasteiger partial charge on any atom is -0.481 e. The predicted molar refractivity (Wildman–Crippen MR) is 147 cm³/mol. The second kappa shape index (κ2) is 21.7. The Bertz CT molecular complexity index is 665. The summed E-state index contributed by atoms with van der Waals surface area (Å²) in [5.74, 6) is -0.655. The molecule has 10 atom stereocenters. The maximum absolute atomic E-state index is 10.3. The maximum Gasteiger partial charge on any atom is 0.303 e. The van der Waals surface area contributed by atoms with E-state index in [-0.39, 0.29) is 0 Å². The normalized spacial score (nSPS) is 33.7. The van der Waals surface area contributed by atoms with Crippen LogP contribution < -0.4 is 0 Å². The molecule has 0 radical (unpaired) electrons. The zero-order valence-electron chi connectivity index (χ0n) is 24.2. The maximum atomic E-state index is 10.3. The number of carboxylic acid groups (broad SMARTS) is 1. The molecule has 2 aliphatic rings. The molecule has 0 saturated carbocycles. The van der Waals surface area contributed by atoms with Crippen LogP contribution >= 0.6 is 0 Å². The zero-order valence-corrected chi connectivity index (χ0v) is 24.2. The van der Waals surface area contributed by atoms with E-state index in [1.165, 1.54) is 70.6 Å². The first-order chi connectivity index (χ1) is 19.6. The van der Waals surface area contributed by atoms with E-state index in [2.05, 4.69) is 6.92 Å². The van der Waals surface area contributed by atoms with Crippen molar-refractivity contribution in [1.82, 2.24) is 0 Å². The molecule has 2 rings (SSSR count). The lowest BCUT2D eigenvalue weighted by atomic mass is 9.97. The Morgan fingerprint density at radius 1 is 0.610 bits per heavy atom. The lowest BCUT2D eigenvalue weighted by Crippen LogP contribution is -2.64. The quantitative estimate of drug-likeness (QED) is 0.0959. The van der Waals surface area contributed by atoms with Gasteiger partial charge in [0.1, 0.15) is 48.8 Å². The molecule has 0 bridgehead atoms. The van der Waals surface area contributed by atoms with Gasteiger partial charge in [0.25, 0.3) is 0 Å². The Morgan fingerprint density at radius 3 is 1.56 bits per heavy atom. The summed E-state index contributed by atoms with van der Waals surface area (Å²) in [7, 11) is 0. The molecule has 2 saturated heterocycles. The van der Waals surface area contributed by atoms with E-state index in [9.17, 15) is 40.5 Å². The lowest BCUT2D eigenvalue weighted by Gasteiger charge is -2.45. The fraction of sp³-hybridized carbons (Fsp3) is 0.964. The number of carboxylic acids is 1. The van der Waals surface area contributed by atoms with Gasteiger partial charge < -0.3 is 60.2 Å². The van der Waals surface area contributed by atoms with E-state index in [4.69, 9.17) is 24.4 Å². The van der Waals surface area contributed by atoms with E-state index in [0.29, 0.717) is 6.42 Å². The number of unbranched alkanes of at least 4 members (excludes halogenated alkanes) is 12. The second-order valence-corrected chi connectivity index (χ2v) is 10.9. The summed E-state index contributed by atoms with van der Waals surface area (Å²) in [5, 5.41) is 85.0. The van der Waals surface area contributed by atoms with Gasteiger partial charge in [-0.3, -0.25) is 4.79 Å². The fourth-order valence-corrected chi connectivity index (χ4v) is 4.86. The van der Waals surface area contributed by atoms with Crippen molar-refractivity contribution in [2.75, 3.05) is 13.2 Å². The summed E-state index contributed by atoms with van der Waals surface area (Å²) >= 11 is 0. The van der Waals surface area contributed by atoms with Gasteiger partial charge in [-0.05, 0) is 6.42 Å². The molecule has 13 heteroatoms. The van der Waals surface area contributed by atoms with Crippen molar-refractivity contribution in [2.45, 2.75) is 158 Å². The third kappa shape index (κ3) is 13.9. The fourth-order valence-electron chi connectivity index (χ4n) is 4.86. The highest BCUT2D eigenvalue weighted by Gasteiger charge is 2.50. The number of aliphatic carboxylic acids is 1. The van der Waals surface area contributed by atoms with Gasteiger partial charge in [-0.25, -0.2) is 0 Å². The molecule has 0 amide bonds. The van der Waals surface area contributed by atoms with Crippen LogP contribution in [0.25, 0.3) is 0 Å². The Kier molecular flexibility index (Phi) is 20.1. The van der Waals surface area contributed by atoms with Gasteiger partial charge in [0.2, 0.25) is 0 Å². The van der Waals surface area contributed by atoms with E-state index < -0.39 is 80.6 Å². The molecule has 244 valence electrons. The van der Waals surface area contributed by atoms with Crippen molar-refractivity contribution in [1.29, 1.82) is 0 Å². The summed E-state index contributed by atoms with van der Waals surface area (Å²) in [6, 6.07) is 0. The van der Waals surface area contributed by atoms with Crippen LogP contribution in [0, 0.1) is 0 Å². The molecule has 9 N–H and O–H groups in total. The van der Waals surface area contributed by atoms with Crippen LogP contribution in [0.15, 0.2) is 0 Å². The largest absolute Gasteiger partial charge is 0.481 e. The average Bonchev–Trinajstić information content (AvgIpc) is 2.95. The highest BCUT2D eigenvalue weighted by Crippen LogP contribution is 2.28. The Labute approximate surface area is 242 Å². The molecule has 0 aromatic heterocycles. The Morgan fingerprint density at radius 2 is 1.10 bits per heavy atom. The third-order valence-corrected chi connectivity index (χ3v) is 7.47. The summed E-state index contributed by atoms with van der Waals surface area (Å²) in [6.07, 6.45) is 1.70. The molecule has 2 fully saturated rings. The van der Waals surface area contributed by atoms with E-state index in [1.807, 2.05) is 0 Å². The number of hydrogen-bond acceptors (Lipinski definition) is 12. The topological polar surface area (TPSA) is 227 Å². The molecule has 41 heavy (non-hydrogen) atoms. The van der Waals surface area contributed by atoms with E-state index in [1.54, 1.807) is 0 Å². The zero-order chi connectivity index (χ0) is 30.8. The van der Waals surface area contributed by atoms with Gasteiger partial charge in [0, 0.05) is 6.42 Å². The summed E-state index contributed by atoms with van der Waals surface area (Å²) in [5.41, 5.74) is 0. The van der Waals surface area contributed by atoms with Gasteiger partial charge >= 0.3 is 5.97 Å². The molecule has 1 unspecified atom stereocenters. The molecule has 13 nitrogen and oxygen atoms in total. The number of hydrogen-bond donors (Lipinski definition) is 9. The first-order valence-corrected chi connectivity index (χ1v) is 15.1. The number of aliphatic hydroxyl groups excluding tert-OH is 8. The van der Waals surface area contributed by atoms with Crippen molar-refractivity contribution in [3.8, 4) is 0 Å². The lowest BCUT2D eigenvalue weighted by molar-refractivity contribution is -0.355. The third-order valence-electron chi connectivity index (χ3n) is 7.47. The van der Waals surface area contributed by atoms with Crippen LogP contribution in [0.3, 0.4) is 0 Å². The number of ether oxygens (including phenoxy) is 3. The van der Waals surface area contributed by atoms with Crippen molar-refractivity contribution < 1.29 is 65.0 Å². The first kappa shape index (κ1) is 38.1. The molecule has 0 aromatic carbocycles. The minimum absolute atomic E-state index is 0.345. The van der Waals surface area contributed by atoms with Gasteiger partial charge in [-0.15, -0.1) is 0 Å². The Balaban J connectivity index is 0.000000425. The smallest absolute Gasteiger partial charge is 0.303 e. The van der Waals surface area contributed by atoms with Crippen molar-refractivity contribution in [2.24, 2.45) is 0 Å². The number of rotatable bonds is 18. The van der Waals surface area contributed by atoms with Crippen molar-refractivity contribution >= 4 is 5.97 Å².